The van der Waals surface area contributed by atoms with Crippen molar-refractivity contribution in [3.63, 3.8) is 0 Å². The largest absolute Gasteiger partial charge is 0.573 e. The molecule has 83 valence electrons. The van der Waals surface area contributed by atoms with Gasteiger partial charge in [0.1, 0.15) is 5.75 Å². The zero-order valence-electron chi connectivity index (χ0n) is 7.50. The summed E-state index contributed by atoms with van der Waals surface area (Å²) in [6, 6.07) is 5.02. The molecule has 0 unspecified atom stereocenters. The summed E-state index contributed by atoms with van der Waals surface area (Å²) in [5, 5.41) is 0. The summed E-state index contributed by atoms with van der Waals surface area (Å²) >= 11 is 0. The van der Waals surface area contributed by atoms with E-state index in [1.54, 1.807) is 0 Å². The number of benzene rings is 1. The molecule has 1 radical (unpaired) electrons. The van der Waals surface area contributed by atoms with Gasteiger partial charge in [-0.3, -0.25) is 0 Å². The van der Waals surface area contributed by atoms with E-state index in [0.717, 1.165) is 24.5 Å². The Morgan fingerprint density at radius 2 is 1.93 bits per heavy atom. The smallest absolute Gasteiger partial charge is 0.406 e. The van der Waals surface area contributed by atoms with Crippen LogP contribution in [0.2, 0.25) is 0 Å². The highest BCUT2D eigenvalue weighted by Crippen LogP contribution is 2.24. The zero-order valence-corrected chi connectivity index (χ0v) is 8.32. The van der Waals surface area contributed by atoms with E-state index in [9.17, 15) is 21.6 Å². The van der Waals surface area contributed by atoms with E-state index in [-0.39, 0.29) is 4.90 Å². The molecule has 3 nitrogen and oxygen atoms in total. The monoisotopic (exact) mass is 239 g/mol. The first-order chi connectivity index (χ1) is 6.68. The maximum Gasteiger partial charge on any atom is 0.573 e. The minimum atomic E-state index is -4.84. The van der Waals surface area contributed by atoms with E-state index >= 15 is 0 Å². The molecular formula is C8H6F3O3S. The van der Waals surface area contributed by atoms with Gasteiger partial charge in [0, 0.05) is 6.26 Å². The highest BCUT2D eigenvalue weighted by Gasteiger charge is 2.31. The molecule has 0 bridgehead atoms. The molecule has 0 heterocycles. The van der Waals surface area contributed by atoms with Gasteiger partial charge in [-0.1, -0.05) is 0 Å². The van der Waals surface area contributed by atoms with Gasteiger partial charge in [0.2, 0.25) is 0 Å². The van der Waals surface area contributed by atoms with Gasteiger partial charge in [-0.05, 0) is 24.3 Å². The fraction of sp³-hybridized carbons (Fsp3) is 0.250. The van der Waals surface area contributed by atoms with Crippen molar-refractivity contribution in [1.29, 1.82) is 0 Å². The summed E-state index contributed by atoms with van der Waals surface area (Å²) in [6.45, 7) is 0. The molecule has 0 saturated heterocycles. The van der Waals surface area contributed by atoms with Gasteiger partial charge in [0.05, 0.1) is 4.90 Å². The maximum atomic E-state index is 11.8. The summed E-state index contributed by atoms with van der Waals surface area (Å²) in [5.74, 6) is -0.606. The molecular weight excluding hydrogens is 233 g/mol. The Hall–Kier alpha value is -1.24. The average molecular weight is 239 g/mol. The molecule has 15 heavy (non-hydrogen) atoms. The normalized spacial score (nSPS) is 12.5. The molecule has 0 aliphatic carbocycles. The Balaban J connectivity index is 3.04. The van der Waals surface area contributed by atoms with E-state index in [2.05, 4.69) is 10.8 Å². The molecule has 0 fully saturated rings. The number of alkyl halides is 3. The Labute approximate surface area is 84.4 Å². The van der Waals surface area contributed by atoms with Crippen molar-refractivity contribution < 1.29 is 26.3 Å². The summed E-state index contributed by atoms with van der Waals surface area (Å²) in [6.07, 6.45) is -3.96. The SMILES string of the molecule is CS(=O)(=O)c1c[c]cc(OC(F)(F)F)c1. The van der Waals surface area contributed by atoms with Gasteiger partial charge >= 0.3 is 6.36 Å². The van der Waals surface area contributed by atoms with Gasteiger partial charge in [-0.25, -0.2) is 8.42 Å². The molecule has 0 spiro atoms. The highest BCUT2D eigenvalue weighted by atomic mass is 32.2. The molecule has 7 heteroatoms. The molecule has 0 aliphatic rings. The first-order valence-corrected chi connectivity index (χ1v) is 5.54. The van der Waals surface area contributed by atoms with Gasteiger partial charge in [0.15, 0.2) is 9.84 Å². The van der Waals surface area contributed by atoms with Crippen LogP contribution in [0.15, 0.2) is 23.1 Å². The molecule has 0 aromatic heterocycles. The third-order valence-electron chi connectivity index (χ3n) is 1.40. The van der Waals surface area contributed by atoms with Crippen LogP contribution < -0.4 is 4.74 Å². The Morgan fingerprint density at radius 3 is 2.40 bits per heavy atom. The second kappa shape index (κ2) is 3.73. The van der Waals surface area contributed by atoms with Crippen LogP contribution in [0, 0.1) is 6.07 Å². The van der Waals surface area contributed by atoms with Crippen LogP contribution in [0.3, 0.4) is 0 Å². The molecule has 0 saturated carbocycles. The van der Waals surface area contributed by atoms with Crippen molar-refractivity contribution in [2.45, 2.75) is 11.3 Å². The molecule has 0 N–H and O–H groups in total. The van der Waals surface area contributed by atoms with Crippen LogP contribution in [0.5, 0.6) is 5.75 Å². The maximum absolute atomic E-state index is 11.8. The van der Waals surface area contributed by atoms with Gasteiger partial charge in [0.25, 0.3) is 0 Å². The van der Waals surface area contributed by atoms with Crippen LogP contribution in [-0.4, -0.2) is 21.0 Å². The zero-order chi connectivity index (χ0) is 11.7. The lowest BCUT2D eigenvalue weighted by atomic mass is 10.3. The first kappa shape index (κ1) is 11.8. The molecule has 1 aromatic carbocycles. The predicted molar refractivity (Wildman–Crippen MR) is 45.1 cm³/mol. The van der Waals surface area contributed by atoms with Gasteiger partial charge in [-0.15, -0.1) is 13.2 Å². The quantitative estimate of drug-likeness (QED) is 0.790. The number of rotatable bonds is 2. The lowest BCUT2D eigenvalue weighted by Gasteiger charge is -2.09. The van der Waals surface area contributed by atoms with Crippen LogP contribution >= 0.6 is 0 Å². The van der Waals surface area contributed by atoms with E-state index in [1.165, 1.54) is 0 Å². The topological polar surface area (TPSA) is 43.4 Å². The molecule has 1 aromatic rings. The van der Waals surface area contributed by atoms with Crippen molar-refractivity contribution in [2.75, 3.05) is 6.26 Å². The average Bonchev–Trinajstić information content (AvgIpc) is 1.99. The number of ether oxygens (including phenoxy) is 1. The fourth-order valence-corrected chi connectivity index (χ4v) is 1.45. The Bertz CT molecular complexity index is 450. The lowest BCUT2D eigenvalue weighted by Crippen LogP contribution is -2.17. The van der Waals surface area contributed by atoms with Crippen LogP contribution in [0.25, 0.3) is 0 Å². The minimum absolute atomic E-state index is 0.274. The molecule has 0 aliphatic heterocycles. The standard InChI is InChI=1S/C8H6F3O3S/c1-15(12,13)7-4-2-3-6(5-7)14-8(9,10)11/h3-5H,1H3. The Kier molecular flexibility index (Phi) is 2.94. The van der Waals surface area contributed by atoms with Gasteiger partial charge < -0.3 is 4.74 Å². The second-order valence-corrected chi connectivity index (χ2v) is 4.74. The third-order valence-corrected chi connectivity index (χ3v) is 2.49. The first-order valence-electron chi connectivity index (χ1n) is 3.65. The lowest BCUT2D eigenvalue weighted by molar-refractivity contribution is -0.274. The second-order valence-electron chi connectivity index (χ2n) is 2.72. The van der Waals surface area contributed by atoms with Crippen LogP contribution in [-0.2, 0) is 9.84 Å². The van der Waals surface area contributed by atoms with Crippen LogP contribution in [0.4, 0.5) is 13.2 Å². The molecule has 1 rings (SSSR count). The Morgan fingerprint density at radius 1 is 1.33 bits per heavy atom. The third kappa shape index (κ3) is 3.78. The summed E-state index contributed by atoms with van der Waals surface area (Å²) in [7, 11) is -3.56. The van der Waals surface area contributed by atoms with E-state index in [4.69, 9.17) is 0 Å². The highest BCUT2D eigenvalue weighted by molar-refractivity contribution is 7.90. The van der Waals surface area contributed by atoms with Crippen molar-refractivity contribution in [2.24, 2.45) is 0 Å². The number of hydrogen-bond acceptors (Lipinski definition) is 3. The van der Waals surface area contributed by atoms with E-state index in [0.29, 0.717) is 0 Å². The molecule has 0 amide bonds. The predicted octanol–water partition coefficient (Wildman–Crippen LogP) is 1.79. The minimum Gasteiger partial charge on any atom is -0.406 e. The number of halogens is 3. The number of hydrogen-bond donors (Lipinski definition) is 0. The number of sulfone groups is 1. The summed E-state index contributed by atoms with van der Waals surface area (Å²) < 4.78 is 60.9. The van der Waals surface area contributed by atoms with Gasteiger partial charge in [-0.2, -0.15) is 0 Å². The van der Waals surface area contributed by atoms with E-state index in [1.807, 2.05) is 0 Å². The van der Waals surface area contributed by atoms with Crippen molar-refractivity contribution in [3.8, 4) is 5.75 Å². The van der Waals surface area contributed by atoms with Crippen LogP contribution in [0.1, 0.15) is 0 Å². The van der Waals surface area contributed by atoms with Crippen molar-refractivity contribution >= 4 is 9.84 Å². The summed E-state index contributed by atoms with van der Waals surface area (Å²) in [4.78, 5) is -0.274. The van der Waals surface area contributed by atoms with E-state index < -0.39 is 21.9 Å². The van der Waals surface area contributed by atoms with Crippen molar-refractivity contribution in [1.82, 2.24) is 0 Å². The fourth-order valence-electron chi connectivity index (χ4n) is 0.836. The van der Waals surface area contributed by atoms with Crippen molar-refractivity contribution in [3.05, 3.63) is 24.3 Å². The summed E-state index contributed by atoms with van der Waals surface area (Å²) in [5.41, 5.74) is 0. The molecule has 0 atom stereocenters.